The number of carbonyl (C=O) groups excluding carboxylic acids is 1. The quantitative estimate of drug-likeness (QED) is 0.782. The van der Waals surface area contributed by atoms with Crippen LogP contribution in [0.25, 0.3) is 0 Å². The number of carbonyl (C=O) groups is 1. The van der Waals surface area contributed by atoms with Crippen LogP contribution in [0.1, 0.15) is 53.9 Å². The summed E-state index contributed by atoms with van der Waals surface area (Å²) < 4.78 is 10.4. The minimum atomic E-state index is -0.469. The highest BCUT2D eigenvalue weighted by Crippen LogP contribution is 2.16. The molecule has 0 aliphatic heterocycles. The topological polar surface area (TPSA) is 47.6 Å². The van der Waals surface area contributed by atoms with Crippen LogP contribution in [0.2, 0.25) is 0 Å². The number of alkyl carbamates (subject to hydrolysis) is 1. The van der Waals surface area contributed by atoms with Crippen molar-refractivity contribution >= 4 is 6.09 Å². The Morgan fingerprint density at radius 2 is 1.82 bits per heavy atom. The Bertz CT molecular complexity index is 235. The molecule has 0 radical (unpaired) electrons. The van der Waals surface area contributed by atoms with Crippen molar-refractivity contribution in [2.45, 2.75) is 65.0 Å². The average molecular weight is 245 g/mol. The van der Waals surface area contributed by atoms with Gasteiger partial charge in [-0.15, -0.1) is 0 Å². The van der Waals surface area contributed by atoms with Gasteiger partial charge < -0.3 is 14.8 Å². The van der Waals surface area contributed by atoms with Gasteiger partial charge in [-0.3, -0.25) is 0 Å². The summed E-state index contributed by atoms with van der Waals surface area (Å²) in [5.74, 6) is 0. The van der Waals surface area contributed by atoms with Crippen molar-refractivity contribution < 1.29 is 14.3 Å². The zero-order valence-electron chi connectivity index (χ0n) is 12.1. The molecule has 0 saturated heterocycles. The standard InChI is InChI=1S/C13H27NO3/c1-7-8-9-13(5,10-16-6)14-11(15)17-12(2,3)4/h7-10H2,1-6H3,(H,14,15). The number of methoxy groups -OCH3 is 1. The first-order valence-corrected chi connectivity index (χ1v) is 6.22. The molecule has 0 aliphatic rings. The lowest BCUT2D eigenvalue weighted by atomic mass is 9.96. The van der Waals surface area contributed by atoms with Gasteiger partial charge in [0.05, 0.1) is 12.1 Å². The summed E-state index contributed by atoms with van der Waals surface area (Å²) in [6.45, 7) is 10.2. The predicted octanol–water partition coefficient (Wildman–Crippen LogP) is 3.11. The van der Waals surface area contributed by atoms with Crippen LogP contribution in [0.3, 0.4) is 0 Å². The van der Waals surface area contributed by atoms with E-state index in [0.29, 0.717) is 6.61 Å². The molecule has 0 aromatic carbocycles. The Morgan fingerprint density at radius 3 is 2.24 bits per heavy atom. The molecule has 0 spiro atoms. The molecule has 102 valence electrons. The van der Waals surface area contributed by atoms with E-state index in [9.17, 15) is 4.79 Å². The number of ether oxygens (including phenoxy) is 2. The molecule has 1 atom stereocenters. The van der Waals surface area contributed by atoms with E-state index in [0.717, 1.165) is 19.3 Å². The number of nitrogens with one attached hydrogen (secondary N) is 1. The molecule has 0 aromatic rings. The van der Waals surface area contributed by atoms with Gasteiger partial charge in [-0.25, -0.2) is 4.79 Å². The molecule has 1 N–H and O–H groups in total. The van der Waals surface area contributed by atoms with E-state index >= 15 is 0 Å². The summed E-state index contributed by atoms with van der Waals surface area (Å²) in [4.78, 5) is 11.7. The number of unbranched alkanes of at least 4 members (excludes halogenated alkanes) is 1. The second-order valence-electron chi connectivity index (χ2n) is 5.72. The molecule has 0 fully saturated rings. The Kier molecular flexibility index (Phi) is 6.53. The van der Waals surface area contributed by atoms with Crippen LogP contribution in [0.4, 0.5) is 4.79 Å². The zero-order chi connectivity index (χ0) is 13.5. The monoisotopic (exact) mass is 245 g/mol. The van der Waals surface area contributed by atoms with Crippen molar-refractivity contribution in [3.63, 3.8) is 0 Å². The molecule has 0 aromatic heterocycles. The van der Waals surface area contributed by atoms with Crippen molar-refractivity contribution in [3.8, 4) is 0 Å². The molecule has 1 unspecified atom stereocenters. The smallest absolute Gasteiger partial charge is 0.408 e. The van der Waals surface area contributed by atoms with E-state index in [1.54, 1.807) is 7.11 Å². The van der Waals surface area contributed by atoms with Crippen LogP contribution < -0.4 is 5.32 Å². The molecule has 4 nitrogen and oxygen atoms in total. The molecule has 0 saturated carbocycles. The molecule has 0 rings (SSSR count). The molecular formula is C13H27NO3. The molecule has 0 bridgehead atoms. The van der Waals surface area contributed by atoms with E-state index in [2.05, 4.69) is 12.2 Å². The molecule has 4 heteroatoms. The van der Waals surface area contributed by atoms with E-state index in [4.69, 9.17) is 9.47 Å². The van der Waals surface area contributed by atoms with Crippen molar-refractivity contribution in [2.75, 3.05) is 13.7 Å². The van der Waals surface area contributed by atoms with Crippen LogP contribution in [-0.2, 0) is 9.47 Å². The van der Waals surface area contributed by atoms with Crippen LogP contribution >= 0.6 is 0 Å². The van der Waals surface area contributed by atoms with Crippen molar-refractivity contribution in [1.82, 2.24) is 5.32 Å². The molecule has 0 heterocycles. The fourth-order valence-corrected chi connectivity index (χ4v) is 1.61. The van der Waals surface area contributed by atoms with Crippen molar-refractivity contribution in [3.05, 3.63) is 0 Å². The summed E-state index contributed by atoms with van der Waals surface area (Å²) in [7, 11) is 1.64. The SMILES string of the molecule is CCCCC(C)(COC)NC(=O)OC(C)(C)C. The number of hydrogen-bond donors (Lipinski definition) is 1. The Labute approximate surface area is 105 Å². The fraction of sp³-hybridized carbons (Fsp3) is 0.923. The first-order chi connectivity index (χ1) is 7.72. The molecule has 0 aliphatic carbocycles. The lowest BCUT2D eigenvalue weighted by molar-refractivity contribution is 0.0367. The van der Waals surface area contributed by atoms with Crippen molar-refractivity contribution in [1.29, 1.82) is 0 Å². The van der Waals surface area contributed by atoms with Gasteiger partial charge in [0.1, 0.15) is 5.60 Å². The van der Waals surface area contributed by atoms with Crippen LogP contribution in [0, 0.1) is 0 Å². The summed E-state index contributed by atoms with van der Waals surface area (Å²) in [5.41, 5.74) is -0.823. The minimum absolute atomic E-state index is 0.354. The van der Waals surface area contributed by atoms with Gasteiger partial charge in [0, 0.05) is 7.11 Å². The first kappa shape index (κ1) is 16.2. The Balaban J connectivity index is 4.37. The van der Waals surface area contributed by atoms with Gasteiger partial charge in [-0.1, -0.05) is 19.8 Å². The largest absolute Gasteiger partial charge is 0.444 e. The zero-order valence-corrected chi connectivity index (χ0v) is 12.1. The third kappa shape index (κ3) is 8.02. The second-order valence-corrected chi connectivity index (χ2v) is 5.72. The predicted molar refractivity (Wildman–Crippen MR) is 69.2 cm³/mol. The van der Waals surface area contributed by atoms with Gasteiger partial charge in [-0.2, -0.15) is 0 Å². The van der Waals surface area contributed by atoms with E-state index in [-0.39, 0.29) is 11.6 Å². The number of rotatable bonds is 6. The van der Waals surface area contributed by atoms with Gasteiger partial charge in [0.2, 0.25) is 0 Å². The highest BCUT2D eigenvalue weighted by atomic mass is 16.6. The van der Waals surface area contributed by atoms with E-state index < -0.39 is 5.60 Å². The van der Waals surface area contributed by atoms with Gasteiger partial charge in [0.25, 0.3) is 0 Å². The molecule has 17 heavy (non-hydrogen) atoms. The van der Waals surface area contributed by atoms with Gasteiger partial charge in [-0.05, 0) is 34.1 Å². The number of amides is 1. The lowest BCUT2D eigenvalue weighted by Gasteiger charge is -2.31. The second kappa shape index (κ2) is 6.84. The third-order valence-corrected chi connectivity index (χ3v) is 2.35. The maximum atomic E-state index is 11.7. The van der Waals surface area contributed by atoms with E-state index in [1.165, 1.54) is 0 Å². The molecule has 1 amide bonds. The summed E-state index contributed by atoms with van der Waals surface area (Å²) in [6.07, 6.45) is 2.65. The van der Waals surface area contributed by atoms with E-state index in [1.807, 2.05) is 27.7 Å². The Morgan fingerprint density at radius 1 is 1.24 bits per heavy atom. The minimum Gasteiger partial charge on any atom is -0.444 e. The summed E-state index contributed by atoms with van der Waals surface area (Å²) in [5, 5.41) is 2.90. The maximum Gasteiger partial charge on any atom is 0.408 e. The normalized spacial score (nSPS) is 15.2. The highest BCUT2D eigenvalue weighted by molar-refractivity contribution is 5.68. The highest BCUT2D eigenvalue weighted by Gasteiger charge is 2.28. The fourth-order valence-electron chi connectivity index (χ4n) is 1.61. The van der Waals surface area contributed by atoms with Crippen molar-refractivity contribution in [2.24, 2.45) is 0 Å². The Hall–Kier alpha value is -0.770. The summed E-state index contributed by atoms with van der Waals surface area (Å²) >= 11 is 0. The summed E-state index contributed by atoms with van der Waals surface area (Å²) in [6, 6.07) is 0. The van der Waals surface area contributed by atoms with Crippen LogP contribution in [-0.4, -0.2) is 30.9 Å². The maximum absolute atomic E-state index is 11.7. The lowest BCUT2D eigenvalue weighted by Crippen LogP contribution is -2.50. The van der Waals surface area contributed by atoms with Gasteiger partial charge >= 0.3 is 6.09 Å². The molecular weight excluding hydrogens is 218 g/mol. The van der Waals surface area contributed by atoms with Crippen LogP contribution in [0.15, 0.2) is 0 Å². The van der Waals surface area contributed by atoms with Crippen LogP contribution in [0.5, 0.6) is 0 Å². The third-order valence-electron chi connectivity index (χ3n) is 2.35. The average Bonchev–Trinajstić information content (AvgIpc) is 2.11. The number of hydrogen-bond acceptors (Lipinski definition) is 3. The van der Waals surface area contributed by atoms with Gasteiger partial charge in [0.15, 0.2) is 0 Å². The first-order valence-electron chi connectivity index (χ1n) is 6.22.